The first-order chi connectivity index (χ1) is 9.74. The van der Waals surface area contributed by atoms with Crippen molar-refractivity contribution in [2.45, 2.75) is 45.1 Å². The quantitative estimate of drug-likeness (QED) is 0.834. The molecule has 1 rings (SSSR count). The van der Waals surface area contributed by atoms with Crippen molar-refractivity contribution in [1.29, 1.82) is 0 Å². The van der Waals surface area contributed by atoms with Crippen LogP contribution in [0.3, 0.4) is 0 Å². The second-order valence-electron chi connectivity index (χ2n) is 5.63. The van der Waals surface area contributed by atoms with E-state index in [2.05, 4.69) is 29.4 Å². The van der Waals surface area contributed by atoms with Crippen LogP contribution in [0.2, 0.25) is 0 Å². The highest BCUT2D eigenvalue weighted by Gasteiger charge is 2.19. The molecule has 0 saturated heterocycles. The Morgan fingerprint density at radius 1 is 1.29 bits per heavy atom. The van der Waals surface area contributed by atoms with Crippen molar-refractivity contribution in [1.82, 2.24) is 10.2 Å². The number of aromatic nitrogens is 2. The van der Waals surface area contributed by atoms with Crippen molar-refractivity contribution < 1.29 is 13.2 Å². The maximum absolute atomic E-state index is 12.2. The fourth-order valence-corrected chi connectivity index (χ4v) is 2.59. The first kappa shape index (κ1) is 17.6. The topological polar surface area (TPSA) is 89.0 Å². The molecule has 1 heterocycles. The fourth-order valence-electron chi connectivity index (χ4n) is 2.09. The minimum Gasteiger partial charge on any atom is -0.309 e. The molecule has 0 saturated carbocycles. The molecule has 6 nitrogen and oxygen atoms in total. The highest BCUT2D eigenvalue weighted by atomic mass is 32.2. The molecule has 1 N–H and O–H groups in total. The Hall–Kier alpha value is -1.50. The highest BCUT2D eigenvalue weighted by molar-refractivity contribution is 7.90. The molecule has 21 heavy (non-hydrogen) atoms. The highest BCUT2D eigenvalue weighted by Crippen LogP contribution is 2.19. The summed E-state index contributed by atoms with van der Waals surface area (Å²) in [7, 11) is -3.38. The van der Waals surface area contributed by atoms with Crippen LogP contribution in [-0.2, 0) is 14.6 Å². The lowest BCUT2D eigenvalue weighted by atomic mass is 9.92. The molecule has 0 aliphatic rings. The Balaban J connectivity index is 2.77. The molecule has 0 spiro atoms. The lowest BCUT2D eigenvalue weighted by molar-refractivity contribution is -0.120. The summed E-state index contributed by atoms with van der Waals surface area (Å²) in [4.78, 5) is 12.2. The summed E-state index contributed by atoms with van der Waals surface area (Å²) in [6.45, 7) is 6.20. The van der Waals surface area contributed by atoms with Crippen LogP contribution in [0.1, 0.15) is 40.0 Å². The van der Waals surface area contributed by atoms with Crippen LogP contribution >= 0.6 is 0 Å². The summed E-state index contributed by atoms with van der Waals surface area (Å²) in [5.74, 6) is 0.557. The minimum atomic E-state index is -3.38. The van der Waals surface area contributed by atoms with Gasteiger partial charge in [-0.25, -0.2) is 8.42 Å². The van der Waals surface area contributed by atoms with Crippen LogP contribution in [0.25, 0.3) is 0 Å². The maximum atomic E-state index is 12.2. The van der Waals surface area contributed by atoms with Gasteiger partial charge < -0.3 is 5.32 Å². The summed E-state index contributed by atoms with van der Waals surface area (Å²) in [5, 5.41) is 9.96. The Morgan fingerprint density at radius 3 is 2.38 bits per heavy atom. The van der Waals surface area contributed by atoms with Crippen LogP contribution in [0, 0.1) is 11.8 Å². The third-order valence-corrected chi connectivity index (χ3v) is 4.01. The second kappa shape index (κ2) is 7.49. The third-order valence-electron chi connectivity index (χ3n) is 3.04. The molecule has 1 unspecified atom stereocenters. The van der Waals surface area contributed by atoms with Gasteiger partial charge in [-0.3, -0.25) is 4.79 Å². The van der Waals surface area contributed by atoms with E-state index >= 15 is 0 Å². The van der Waals surface area contributed by atoms with Crippen molar-refractivity contribution in [2.24, 2.45) is 11.8 Å². The zero-order valence-electron chi connectivity index (χ0n) is 13.0. The predicted octanol–water partition coefficient (Wildman–Crippen LogP) is 2.28. The van der Waals surface area contributed by atoms with Crippen molar-refractivity contribution in [3.8, 4) is 0 Å². The van der Waals surface area contributed by atoms with Crippen LogP contribution in [0.4, 0.5) is 5.82 Å². The summed E-state index contributed by atoms with van der Waals surface area (Å²) in [6.07, 6.45) is 3.63. The molecule has 1 aromatic rings. The molecular formula is C14H23N3O3S. The Morgan fingerprint density at radius 2 is 1.95 bits per heavy atom. The number of anilines is 1. The van der Waals surface area contributed by atoms with Gasteiger partial charge in [-0.1, -0.05) is 27.2 Å². The van der Waals surface area contributed by atoms with Gasteiger partial charge in [0.25, 0.3) is 0 Å². The Kier molecular flexibility index (Phi) is 6.26. The number of hydrogen-bond donors (Lipinski definition) is 1. The van der Waals surface area contributed by atoms with Crippen LogP contribution in [0.15, 0.2) is 17.2 Å². The van der Waals surface area contributed by atoms with Gasteiger partial charge in [0.15, 0.2) is 20.7 Å². The second-order valence-corrected chi connectivity index (χ2v) is 7.60. The van der Waals surface area contributed by atoms with E-state index in [1.807, 2.05) is 6.92 Å². The summed E-state index contributed by atoms with van der Waals surface area (Å²) < 4.78 is 22.6. The Bertz CT molecular complexity index is 568. The van der Waals surface area contributed by atoms with Crippen molar-refractivity contribution in [3.63, 3.8) is 0 Å². The molecule has 0 aliphatic heterocycles. The van der Waals surface area contributed by atoms with Crippen molar-refractivity contribution in [2.75, 3.05) is 11.6 Å². The smallest absolute Gasteiger partial charge is 0.228 e. The molecule has 118 valence electrons. The number of amides is 1. The van der Waals surface area contributed by atoms with E-state index in [1.165, 1.54) is 12.1 Å². The molecule has 0 aliphatic carbocycles. The molecule has 0 aromatic carbocycles. The molecular weight excluding hydrogens is 290 g/mol. The lowest BCUT2D eigenvalue weighted by Gasteiger charge is -2.17. The van der Waals surface area contributed by atoms with Crippen LogP contribution in [-0.4, -0.2) is 30.8 Å². The molecule has 0 radical (unpaired) electrons. The minimum absolute atomic E-state index is 0.0635. The third kappa shape index (κ3) is 5.79. The lowest BCUT2D eigenvalue weighted by Crippen LogP contribution is -2.25. The van der Waals surface area contributed by atoms with Gasteiger partial charge in [0.05, 0.1) is 0 Å². The van der Waals surface area contributed by atoms with E-state index in [0.29, 0.717) is 5.92 Å². The van der Waals surface area contributed by atoms with E-state index < -0.39 is 9.84 Å². The van der Waals surface area contributed by atoms with Crippen LogP contribution < -0.4 is 5.32 Å². The van der Waals surface area contributed by atoms with Gasteiger partial charge in [-0.15, -0.1) is 10.2 Å². The maximum Gasteiger partial charge on any atom is 0.228 e. The van der Waals surface area contributed by atoms with E-state index in [0.717, 1.165) is 25.5 Å². The number of rotatable bonds is 7. The molecule has 1 aromatic heterocycles. The first-order valence-corrected chi connectivity index (χ1v) is 8.97. The molecule has 7 heteroatoms. The normalized spacial score (nSPS) is 13.2. The zero-order chi connectivity index (χ0) is 16.0. The van der Waals surface area contributed by atoms with Gasteiger partial charge in [-0.2, -0.15) is 0 Å². The van der Waals surface area contributed by atoms with Crippen LogP contribution in [0.5, 0.6) is 0 Å². The SMILES string of the molecule is CCCC(CC(C)C)C(=O)Nc1ccc(S(C)(=O)=O)nn1. The van der Waals surface area contributed by atoms with E-state index in [9.17, 15) is 13.2 Å². The number of nitrogens with one attached hydrogen (secondary N) is 1. The van der Waals surface area contributed by atoms with Gasteiger partial charge >= 0.3 is 0 Å². The molecule has 0 fully saturated rings. The number of carbonyl (C=O) groups excluding carboxylic acids is 1. The fraction of sp³-hybridized carbons (Fsp3) is 0.643. The van der Waals surface area contributed by atoms with E-state index in [1.54, 1.807) is 0 Å². The van der Waals surface area contributed by atoms with E-state index in [-0.39, 0.29) is 22.7 Å². The molecule has 0 bridgehead atoms. The first-order valence-electron chi connectivity index (χ1n) is 7.08. The van der Waals surface area contributed by atoms with Gasteiger partial charge in [-0.05, 0) is 30.9 Å². The summed E-state index contributed by atoms with van der Waals surface area (Å²) in [6, 6.07) is 2.80. The number of hydrogen-bond acceptors (Lipinski definition) is 5. The number of sulfone groups is 1. The monoisotopic (exact) mass is 313 g/mol. The Labute approximate surface area is 126 Å². The number of nitrogens with zero attached hydrogens (tertiary/aromatic N) is 2. The average Bonchev–Trinajstić information content (AvgIpc) is 2.37. The van der Waals surface area contributed by atoms with Gasteiger partial charge in [0.2, 0.25) is 5.91 Å². The predicted molar refractivity (Wildman–Crippen MR) is 81.6 cm³/mol. The van der Waals surface area contributed by atoms with Gasteiger partial charge in [0.1, 0.15) is 0 Å². The van der Waals surface area contributed by atoms with Crippen molar-refractivity contribution >= 4 is 21.6 Å². The largest absolute Gasteiger partial charge is 0.309 e. The van der Waals surface area contributed by atoms with Gasteiger partial charge in [0, 0.05) is 12.2 Å². The number of carbonyl (C=O) groups is 1. The molecule has 1 atom stereocenters. The summed E-state index contributed by atoms with van der Waals surface area (Å²) in [5.41, 5.74) is 0. The van der Waals surface area contributed by atoms with Crippen molar-refractivity contribution in [3.05, 3.63) is 12.1 Å². The summed E-state index contributed by atoms with van der Waals surface area (Å²) >= 11 is 0. The van der Waals surface area contributed by atoms with E-state index in [4.69, 9.17) is 0 Å². The zero-order valence-corrected chi connectivity index (χ0v) is 13.8. The standard InChI is InChI=1S/C14H23N3O3S/c1-5-6-11(9-10(2)3)14(18)15-12-7-8-13(17-16-12)21(4,19)20/h7-8,10-11H,5-6,9H2,1-4H3,(H,15,16,18). The molecule has 1 amide bonds. The average molecular weight is 313 g/mol.